The highest BCUT2D eigenvalue weighted by Crippen LogP contribution is 2.30. The van der Waals surface area contributed by atoms with Gasteiger partial charge in [-0.2, -0.15) is 0 Å². The first kappa shape index (κ1) is 21.1. The number of amides is 1. The number of hydrogen-bond donors (Lipinski definition) is 1. The number of nitrogens with zero attached hydrogens (tertiary/aromatic N) is 2. The van der Waals surface area contributed by atoms with Crippen molar-refractivity contribution in [3.8, 4) is 0 Å². The maximum absolute atomic E-state index is 12.4. The molecule has 0 unspecified atom stereocenters. The van der Waals surface area contributed by atoms with Crippen LogP contribution >= 0.6 is 11.8 Å². The first-order valence-corrected chi connectivity index (χ1v) is 11.4. The summed E-state index contributed by atoms with van der Waals surface area (Å²) in [6.07, 6.45) is 6.14. The molecule has 1 aliphatic carbocycles. The van der Waals surface area contributed by atoms with Crippen molar-refractivity contribution in [2.75, 3.05) is 44.2 Å². The minimum absolute atomic E-state index is 0.0944. The molecule has 0 radical (unpaired) electrons. The van der Waals surface area contributed by atoms with Gasteiger partial charge in [-0.25, -0.2) is 12.7 Å². The van der Waals surface area contributed by atoms with Crippen LogP contribution in [0.3, 0.4) is 0 Å². The van der Waals surface area contributed by atoms with Gasteiger partial charge in [0.05, 0.1) is 22.0 Å². The Morgan fingerprint density at radius 2 is 1.81 bits per heavy atom. The fourth-order valence-corrected chi connectivity index (χ4v) is 5.04. The molecule has 1 aromatic carbocycles. The topological polar surface area (TPSA) is 69.7 Å². The standard InChI is InChI=1S/C18H29N3O3S2/c1-20(2)17-11-10-15(26(23,24)21(3)4)12-16(17)19-18(22)13-25-14-8-6-5-7-9-14/h10-12,14H,5-9,13H2,1-4H3,(H,19,22). The number of carbonyl (C=O) groups is 1. The van der Waals surface area contributed by atoms with Crippen molar-refractivity contribution < 1.29 is 13.2 Å². The number of thioether (sulfide) groups is 1. The molecule has 2 rings (SSSR count). The van der Waals surface area contributed by atoms with Crippen LogP contribution in [0.5, 0.6) is 0 Å². The van der Waals surface area contributed by atoms with Crippen molar-refractivity contribution in [3.63, 3.8) is 0 Å². The van der Waals surface area contributed by atoms with Gasteiger partial charge in [-0.15, -0.1) is 11.8 Å². The summed E-state index contributed by atoms with van der Waals surface area (Å²) >= 11 is 1.70. The fraction of sp³-hybridized carbons (Fsp3) is 0.611. The molecule has 26 heavy (non-hydrogen) atoms. The predicted octanol–water partition coefficient (Wildman–Crippen LogP) is 3.01. The summed E-state index contributed by atoms with van der Waals surface area (Å²) in [6.45, 7) is 0. The molecule has 0 bridgehead atoms. The van der Waals surface area contributed by atoms with E-state index in [4.69, 9.17) is 0 Å². The maximum atomic E-state index is 12.4. The summed E-state index contributed by atoms with van der Waals surface area (Å²) < 4.78 is 25.9. The van der Waals surface area contributed by atoms with Gasteiger partial charge in [0.25, 0.3) is 0 Å². The third kappa shape index (κ3) is 5.37. The molecular weight excluding hydrogens is 370 g/mol. The van der Waals surface area contributed by atoms with Crippen molar-refractivity contribution in [2.45, 2.75) is 42.2 Å². The van der Waals surface area contributed by atoms with Crippen LogP contribution in [0.4, 0.5) is 11.4 Å². The first-order valence-electron chi connectivity index (χ1n) is 8.87. The average Bonchev–Trinajstić information content (AvgIpc) is 2.60. The van der Waals surface area contributed by atoms with E-state index < -0.39 is 10.0 Å². The van der Waals surface area contributed by atoms with Crippen LogP contribution in [0.15, 0.2) is 23.1 Å². The highest BCUT2D eigenvalue weighted by molar-refractivity contribution is 8.00. The van der Waals surface area contributed by atoms with E-state index in [9.17, 15) is 13.2 Å². The number of hydrogen-bond acceptors (Lipinski definition) is 5. The third-order valence-corrected chi connectivity index (χ3v) is 7.69. The summed E-state index contributed by atoms with van der Waals surface area (Å²) in [7, 11) is 3.17. The van der Waals surface area contributed by atoms with Crippen molar-refractivity contribution in [2.24, 2.45) is 0 Å². The van der Waals surface area contributed by atoms with E-state index in [1.54, 1.807) is 23.9 Å². The van der Waals surface area contributed by atoms with Gasteiger partial charge in [0.15, 0.2) is 0 Å². The molecule has 1 saturated carbocycles. The monoisotopic (exact) mass is 399 g/mol. The lowest BCUT2D eigenvalue weighted by Crippen LogP contribution is -2.23. The zero-order chi connectivity index (χ0) is 19.3. The number of sulfonamides is 1. The zero-order valence-electron chi connectivity index (χ0n) is 16.0. The van der Waals surface area contributed by atoms with Crippen LogP contribution in [0.25, 0.3) is 0 Å². The molecule has 0 heterocycles. The van der Waals surface area contributed by atoms with Crippen LogP contribution in [0.1, 0.15) is 32.1 Å². The van der Waals surface area contributed by atoms with E-state index in [0.717, 1.165) is 5.69 Å². The first-order chi connectivity index (χ1) is 12.2. The Hall–Kier alpha value is -1.25. The van der Waals surface area contributed by atoms with E-state index in [-0.39, 0.29) is 10.8 Å². The highest BCUT2D eigenvalue weighted by atomic mass is 32.2. The Labute approximate surface area is 161 Å². The lowest BCUT2D eigenvalue weighted by Gasteiger charge is -2.22. The lowest BCUT2D eigenvalue weighted by molar-refractivity contribution is -0.113. The van der Waals surface area contributed by atoms with Gasteiger partial charge in [0, 0.05) is 33.4 Å². The minimum Gasteiger partial charge on any atom is -0.376 e. The van der Waals surface area contributed by atoms with Crippen molar-refractivity contribution in [3.05, 3.63) is 18.2 Å². The number of carbonyl (C=O) groups excluding carboxylic acids is 1. The van der Waals surface area contributed by atoms with Gasteiger partial charge in [-0.1, -0.05) is 19.3 Å². The number of nitrogens with one attached hydrogen (secondary N) is 1. The van der Waals surface area contributed by atoms with E-state index in [0.29, 0.717) is 16.7 Å². The summed E-state index contributed by atoms with van der Waals surface area (Å²) in [6, 6.07) is 4.82. The summed E-state index contributed by atoms with van der Waals surface area (Å²) in [4.78, 5) is 14.4. The van der Waals surface area contributed by atoms with Crippen molar-refractivity contribution >= 4 is 39.1 Å². The van der Waals surface area contributed by atoms with E-state index in [1.807, 2.05) is 19.0 Å². The molecule has 0 aromatic heterocycles. The Morgan fingerprint density at radius 3 is 2.38 bits per heavy atom. The fourth-order valence-electron chi connectivity index (χ4n) is 2.99. The molecule has 1 fully saturated rings. The zero-order valence-corrected chi connectivity index (χ0v) is 17.6. The Balaban J connectivity index is 2.13. The van der Waals surface area contributed by atoms with Gasteiger partial charge in [0.1, 0.15) is 0 Å². The van der Waals surface area contributed by atoms with Crippen LogP contribution in [-0.4, -0.2) is 57.8 Å². The summed E-state index contributed by atoms with van der Waals surface area (Å²) in [5.41, 5.74) is 1.30. The highest BCUT2D eigenvalue weighted by Gasteiger charge is 2.21. The van der Waals surface area contributed by atoms with Gasteiger partial charge >= 0.3 is 0 Å². The van der Waals surface area contributed by atoms with E-state index in [2.05, 4.69) is 5.32 Å². The molecule has 1 amide bonds. The molecule has 1 aromatic rings. The van der Waals surface area contributed by atoms with Gasteiger partial charge in [-0.05, 0) is 31.0 Å². The largest absolute Gasteiger partial charge is 0.376 e. The second-order valence-corrected chi connectivity index (χ2v) is 10.4. The Bertz CT molecular complexity index is 727. The van der Waals surface area contributed by atoms with Gasteiger partial charge < -0.3 is 10.2 Å². The lowest BCUT2D eigenvalue weighted by atomic mass is 10.0. The third-order valence-electron chi connectivity index (χ3n) is 4.50. The minimum atomic E-state index is -3.55. The summed E-state index contributed by atoms with van der Waals surface area (Å²) in [5.74, 6) is 0.297. The van der Waals surface area contributed by atoms with Crippen LogP contribution < -0.4 is 10.2 Å². The molecule has 0 saturated heterocycles. The molecule has 0 spiro atoms. The molecular formula is C18H29N3O3S2. The van der Waals surface area contributed by atoms with Gasteiger partial charge in [0.2, 0.25) is 15.9 Å². The van der Waals surface area contributed by atoms with Crippen LogP contribution in [0.2, 0.25) is 0 Å². The van der Waals surface area contributed by atoms with E-state index >= 15 is 0 Å². The van der Waals surface area contributed by atoms with Crippen molar-refractivity contribution in [1.29, 1.82) is 0 Å². The Morgan fingerprint density at radius 1 is 1.15 bits per heavy atom. The normalized spacial score (nSPS) is 15.9. The average molecular weight is 400 g/mol. The molecule has 1 aliphatic rings. The number of benzene rings is 1. The molecule has 1 N–H and O–H groups in total. The predicted molar refractivity (Wildman–Crippen MR) is 110 cm³/mol. The Kier molecular flexibility index (Phi) is 7.37. The smallest absolute Gasteiger partial charge is 0.242 e. The molecule has 146 valence electrons. The second-order valence-electron chi connectivity index (χ2n) is 6.98. The van der Waals surface area contributed by atoms with Crippen LogP contribution in [0, 0.1) is 0 Å². The number of rotatable bonds is 7. The van der Waals surface area contributed by atoms with Crippen LogP contribution in [-0.2, 0) is 14.8 Å². The van der Waals surface area contributed by atoms with Crippen molar-refractivity contribution in [1.82, 2.24) is 4.31 Å². The van der Waals surface area contributed by atoms with Gasteiger partial charge in [-0.3, -0.25) is 4.79 Å². The molecule has 8 heteroatoms. The SMILES string of the molecule is CN(C)c1ccc(S(=O)(=O)N(C)C)cc1NC(=O)CSC1CCCCC1. The van der Waals surface area contributed by atoms with E-state index in [1.165, 1.54) is 56.6 Å². The second kappa shape index (κ2) is 9.10. The molecule has 0 aliphatic heterocycles. The maximum Gasteiger partial charge on any atom is 0.242 e. The molecule has 0 atom stereocenters. The number of anilines is 2. The quantitative estimate of drug-likeness (QED) is 0.763. The summed E-state index contributed by atoms with van der Waals surface area (Å²) in [5, 5.41) is 3.46. The molecule has 6 nitrogen and oxygen atoms in total.